The van der Waals surface area contributed by atoms with Crippen LogP contribution in [0.2, 0.25) is 5.02 Å². The molecular weight excluding hydrogens is 462 g/mol. The van der Waals surface area contributed by atoms with Gasteiger partial charge in [-0.1, -0.05) is 43.3 Å². The third kappa shape index (κ3) is 6.00. The molecule has 2 aromatic carbocycles. The highest BCUT2D eigenvalue weighted by Crippen LogP contribution is 2.28. The van der Waals surface area contributed by atoms with Gasteiger partial charge < -0.3 is 14.4 Å². The lowest BCUT2D eigenvalue weighted by molar-refractivity contribution is -0.127. The summed E-state index contributed by atoms with van der Waals surface area (Å²) in [6.45, 7) is 4.99. The molecule has 0 aliphatic rings. The lowest BCUT2D eigenvalue weighted by Crippen LogP contribution is -2.29. The summed E-state index contributed by atoms with van der Waals surface area (Å²) in [7, 11) is 4.91. The minimum absolute atomic E-state index is 0.0728. The number of amides is 1. The summed E-state index contributed by atoms with van der Waals surface area (Å²) in [6.07, 6.45) is 0. The molecule has 0 atom stereocenters. The van der Waals surface area contributed by atoms with Gasteiger partial charge in [-0.3, -0.25) is 14.2 Å². The van der Waals surface area contributed by atoms with Crippen LogP contribution < -0.4 is 15.0 Å². The second kappa shape index (κ2) is 10.9. The van der Waals surface area contributed by atoms with E-state index in [2.05, 4.69) is 4.98 Å². The zero-order chi connectivity index (χ0) is 24.1. The van der Waals surface area contributed by atoms with Gasteiger partial charge in [-0.25, -0.2) is 4.98 Å². The summed E-state index contributed by atoms with van der Waals surface area (Å²) < 4.78 is 12.2. The Morgan fingerprint density at radius 3 is 2.55 bits per heavy atom. The molecule has 1 heterocycles. The molecule has 1 aromatic heterocycles. The first-order valence-electron chi connectivity index (χ1n) is 10.5. The molecule has 0 saturated heterocycles. The second-order valence-corrected chi connectivity index (χ2v) is 9.47. The normalized spacial score (nSPS) is 11.1. The summed E-state index contributed by atoms with van der Waals surface area (Å²) in [6, 6.07) is 10.6. The van der Waals surface area contributed by atoms with E-state index in [0.29, 0.717) is 45.7 Å². The average molecular weight is 490 g/mol. The highest BCUT2D eigenvalue weighted by atomic mass is 35.5. The van der Waals surface area contributed by atoms with E-state index in [1.165, 1.54) is 11.8 Å². The molecule has 0 spiro atoms. The van der Waals surface area contributed by atoms with Crippen molar-refractivity contribution < 1.29 is 14.3 Å². The maximum absolute atomic E-state index is 13.1. The molecule has 3 rings (SSSR count). The van der Waals surface area contributed by atoms with Gasteiger partial charge in [0.15, 0.2) is 16.7 Å². The fourth-order valence-corrected chi connectivity index (χ4v) is 4.51. The van der Waals surface area contributed by atoms with Gasteiger partial charge in [0.05, 0.1) is 30.9 Å². The quantitative estimate of drug-likeness (QED) is 0.326. The Labute approximate surface area is 202 Å². The van der Waals surface area contributed by atoms with E-state index in [9.17, 15) is 9.59 Å². The lowest BCUT2D eigenvalue weighted by Gasteiger charge is -2.19. The molecule has 176 valence electrons. The number of hydrogen-bond donors (Lipinski definition) is 0. The first-order valence-corrected chi connectivity index (χ1v) is 11.9. The molecule has 0 N–H and O–H groups in total. The van der Waals surface area contributed by atoms with Crippen LogP contribution in [0.3, 0.4) is 0 Å². The molecule has 1 amide bonds. The van der Waals surface area contributed by atoms with E-state index in [-0.39, 0.29) is 23.1 Å². The van der Waals surface area contributed by atoms with E-state index < -0.39 is 0 Å². The van der Waals surface area contributed by atoms with Crippen molar-refractivity contribution in [2.75, 3.05) is 27.0 Å². The molecule has 0 bridgehead atoms. The van der Waals surface area contributed by atoms with Crippen molar-refractivity contribution in [2.24, 2.45) is 5.92 Å². The predicted molar refractivity (Wildman–Crippen MR) is 133 cm³/mol. The third-order valence-corrected chi connectivity index (χ3v) is 6.24. The number of hydrogen-bond acceptors (Lipinski definition) is 6. The molecule has 0 aliphatic heterocycles. The Kier molecular flexibility index (Phi) is 8.26. The zero-order valence-electron chi connectivity index (χ0n) is 19.4. The number of nitrogens with zero attached hydrogens (tertiary/aromatic N) is 3. The van der Waals surface area contributed by atoms with Crippen molar-refractivity contribution in [2.45, 2.75) is 32.1 Å². The number of halogens is 1. The molecule has 0 radical (unpaired) electrons. The van der Waals surface area contributed by atoms with E-state index in [4.69, 9.17) is 21.1 Å². The van der Waals surface area contributed by atoms with E-state index >= 15 is 0 Å². The predicted octanol–water partition coefficient (Wildman–Crippen LogP) is 4.47. The number of fused-ring (bicyclic) bond motifs is 1. The smallest absolute Gasteiger partial charge is 0.262 e. The third-order valence-electron chi connectivity index (χ3n) is 5.05. The van der Waals surface area contributed by atoms with E-state index in [1.807, 2.05) is 32.0 Å². The van der Waals surface area contributed by atoms with Crippen LogP contribution in [0, 0.1) is 5.92 Å². The molecule has 0 fully saturated rings. The van der Waals surface area contributed by atoms with Gasteiger partial charge in [0.2, 0.25) is 5.91 Å². The molecular formula is C24H28ClN3O4S. The molecule has 9 heteroatoms. The van der Waals surface area contributed by atoms with Crippen LogP contribution in [0.4, 0.5) is 0 Å². The van der Waals surface area contributed by atoms with Crippen molar-refractivity contribution in [3.8, 4) is 11.5 Å². The molecule has 7 nitrogen and oxygen atoms in total. The van der Waals surface area contributed by atoms with Gasteiger partial charge in [-0.2, -0.15) is 0 Å². The number of thioether (sulfide) groups is 1. The van der Waals surface area contributed by atoms with Crippen LogP contribution in [-0.2, 0) is 17.9 Å². The number of rotatable bonds is 9. The number of carbonyl (C=O) groups is 1. The van der Waals surface area contributed by atoms with Crippen LogP contribution in [-0.4, -0.2) is 47.4 Å². The summed E-state index contributed by atoms with van der Waals surface area (Å²) in [5.74, 6) is 1.58. The second-order valence-electron chi connectivity index (χ2n) is 8.09. The number of benzene rings is 2. The maximum atomic E-state index is 13.1. The van der Waals surface area contributed by atoms with Gasteiger partial charge in [-0.15, -0.1) is 0 Å². The van der Waals surface area contributed by atoms with Crippen LogP contribution in [0.25, 0.3) is 10.9 Å². The van der Waals surface area contributed by atoms with Crippen molar-refractivity contribution in [3.63, 3.8) is 0 Å². The van der Waals surface area contributed by atoms with Crippen LogP contribution in [0.1, 0.15) is 19.4 Å². The van der Waals surface area contributed by atoms with Crippen molar-refractivity contribution in [3.05, 3.63) is 57.3 Å². The maximum Gasteiger partial charge on any atom is 0.262 e. The number of methoxy groups -OCH3 is 2. The molecule has 0 unspecified atom stereocenters. The van der Waals surface area contributed by atoms with E-state index in [0.717, 1.165) is 5.56 Å². The molecule has 0 aliphatic carbocycles. The fraction of sp³-hybridized carbons (Fsp3) is 0.375. The Hall–Kier alpha value is -2.71. The van der Waals surface area contributed by atoms with Crippen LogP contribution in [0.15, 0.2) is 46.3 Å². The monoisotopic (exact) mass is 489 g/mol. The first-order chi connectivity index (χ1) is 15.7. The Balaban J connectivity index is 1.78. The van der Waals surface area contributed by atoms with Gasteiger partial charge >= 0.3 is 0 Å². The van der Waals surface area contributed by atoms with Gasteiger partial charge in [0.1, 0.15) is 0 Å². The fourth-order valence-electron chi connectivity index (χ4n) is 3.39. The minimum Gasteiger partial charge on any atom is -0.493 e. The van der Waals surface area contributed by atoms with Gasteiger partial charge in [-0.05, 0) is 41.8 Å². The SMILES string of the molecule is COc1ccc(CN(C)C(=O)CSc2nc3ccc(Cl)cc3c(=O)n2CC(C)C)cc1OC. The Bertz CT molecular complexity index is 1210. The summed E-state index contributed by atoms with van der Waals surface area (Å²) in [4.78, 5) is 32.2. The average Bonchev–Trinajstić information content (AvgIpc) is 2.79. The standard InChI is InChI=1S/C24H28ClN3O4S/c1-15(2)12-28-23(30)18-11-17(25)7-8-19(18)26-24(28)33-14-22(29)27(3)13-16-6-9-20(31-4)21(10-16)32-5/h6-11,15H,12-14H2,1-5H3. The zero-order valence-corrected chi connectivity index (χ0v) is 21.0. The topological polar surface area (TPSA) is 73.7 Å². The highest BCUT2D eigenvalue weighted by Gasteiger charge is 2.17. The number of ether oxygens (including phenoxy) is 2. The Morgan fingerprint density at radius 2 is 1.88 bits per heavy atom. The van der Waals surface area contributed by atoms with Crippen molar-refractivity contribution >= 4 is 40.2 Å². The Morgan fingerprint density at radius 1 is 1.15 bits per heavy atom. The molecule has 33 heavy (non-hydrogen) atoms. The highest BCUT2D eigenvalue weighted by molar-refractivity contribution is 7.99. The van der Waals surface area contributed by atoms with E-state index in [1.54, 1.807) is 48.9 Å². The van der Waals surface area contributed by atoms with Crippen LogP contribution >= 0.6 is 23.4 Å². The van der Waals surface area contributed by atoms with Crippen molar-refractivity contribution in [1.29, 1.82) is 0 Å². The first kappa shape index (κ1) is 24.9. The minimum atomic E-state index is -0.148. The molecule has 0 saturated carbocycles. The largest absolute Gasteiger partial charge is 0.493 e. The lowest BCUT2D eigenvalue weighted by atomic mass is 10.2. The van der Waals surface area contributed by atoms with Gasteiger partial charge in [0, 0.05) is 25.2 Å². The summed E-state index contributed by atoms with van der Waals surface area (Å²) in [5.41, 5.74) is 1.34. The summed E-state index contributed by atoms with van der Waals surface area (Å²) in [5, 5.41) is 1.49. The molecule has 3 aromatic rings. The summed E-state index contributed by atoms with van der Waals surface area (Å²) >= 11 is 7.35. The van der Waals surface area contributed by atoms with Gasteiger partial charge in [0.25, 0.3) is 5.56 Å². The van der Waals surface area contributed by atoms with Crippen molar-refractivity contribution in [1.82, 2.24) is 14.5 Å². The van der Waals surface area contributed by atoms with Crippen LogP contribution in [0.5, 0.6) is 11.5 Å². The number of aromatic nitrogens is 2. The number of carbonyl (C=O) groups excluding carboxylic acids is 1.